The van der Waals surface area contributed by atoms with Crippen molar-refractivity contribution in [3.63, 3.8) is 0 Å². The van der Waals surface area contributed by atoms with E-state index in [9.17, 15) is 13.2 Å². The van der Waals surface area contributed by atoms with Crippen molar-refractivity contribution >= 4 is 33.7 Å². The van der Waals surface area contributed by atoms with Gasteiger partial charge in [0, 0.05) is 17.5 Å². The van der Waals surface area contributed by atoms with Gasteiger partial charge in [-0.3, -0.25) is 4.79 Å². The number of carbonyl (C=O) groups is 1. The summed E-state index contributed by atoms with van der Waals surface area (Å²) in [5.74, 6) is -1.22. The lowest BCUT2D eigenvalue weighted by Gasteiger charge is -2.29. The fraction of sp³-hybridized carbons (Fsp3) is 0.308. The molecule has 0 radical (unpaired) electrons. The zero-order valence-electron chi connectivity index (χ0n) is 11.4. The Morgan fingerprint density at radius 2 is 1.80 bits per heavy atom. The summed E-state index contributed by atoms with van der Waals surface area (Å²) in [7, 11) is -2.60. The molecule has 0 aliphatic heterocycles. The summed E-state index contributed by atoms with van der Waals surface area (Å²) in [5.41, 5.74) is -0.872. The Hall–Kier alpha value is -1.37. The summed E-state index contributed by atoms with van der Waals surface area (Å²) in [6.45, 7) is 2.64. The maximum absolute atomic E-state index is 12.1. The van der Waals surface area contributed by atoms with Crippen LogP contribution < -0.4 is 0 Å². The Kier molecular flexibility index (Phi) is 4.96. The van der Waals surface area contributed by atoms with Gasteiger partial charge in [0.05, 0.1) is 0 Å². The van der Waals surface area contributed by atoms with Gasteiger partial charge in [-0.05, 0) is 37.6 Å². The number of carboxylic acid groups (broad SMARTS) is 1. The Bertz CT molecular complexity index is 620. The molecule has 0 aliphatic carbocycles. The highest BCUT2D eigenvalue weighted by molar-refractivity contribution is 7.92. The second-order valence-corrected chi connectivity index (χ2v) is 7.02. The number of likely N-dealkylation sites (N-methyl/N-ethyl adjacent to an activating group) is 1. The lowest BCUT2D eigenvalue weighted by Crippen LogP contribution is -2.49. The van der Waals surface area contributed by atoms with Gasteiger partial charge < -0.3 is 5.11 Å². The van der Waals surface area contributed by atoms with Gasteiger partial charge in [0.15, 0.2) is 0 Å². The van der Waals surface area contributed by atoms with E-state index in [4.69, 9.17) is 16.7 Å². The number of carboxylic acids is 1. The number of rotatable bonds is 5. The van der Waals surface area contributed by atoms with Crippen LogP contribution in [0.15, 0.2) is 29.7 Å². The van der Waals surface area contributed by atoms with Gasteiger partial charge in [0.1, 0.15) is 5.54 Å². The lowest BCUT2D eigenvalue weighted by atomic mass is 10.1. The van der Waals surface area contributed by atoms with Gasteiger partial charge in [-0.15, -0.1) is 0 Å². The predicted molar refractivity (Wildman–Crippen MR) is 78.9 cm³/mol. The number of sulfonamides is 1. The number of hydrogen-bond donors (Lipinski definition) is 1. The molecule has 0 atom stereocenters. The first-order valence-corrected chi connectivity index (χ1v) is 7.61. The van der Waals surface area contributed by atoms with Crippen molar-refractivity contribution in [3.05, 3.63) is 40.3 Å². The third-order valence-electron chi connectivity index (χ3n) is 2.99. The molecule has 1 aromatic carbocycles. The molecule has 110 valence electrons. The molecule has 0 fully saturated rings. The molecule has 7 heteroatoms. The van der Waals surface area contributed by atoms with Crippen LogP contribution in [0, 0.1) is 0 Å². The van der Waals surface area contributed by atoms with E-state index in [1.54, 1.807) is 24.3 Å². The lowest BCUT2D eigenvalue weighted by molar-refractivity contribution is -0.145. The molecule has 0 bridgehead atoms. The number of aliphatic carboxylic acids is 1. The molecule has 1 N–H and O–H groups in total. The van der Waals surface area contributed by atoms with Crippen LogP contribution in [0.1, 0.15) is 19.4 Å². The van der Waals surface area contributed by atoms with Gasteiger partial charge in [-0.25, -0.2) is 8.42 Å². The van der Waals surface area contributed by atoms with E-state index in [2.05, 4.69) is 0 Å². The first kappa shape index (κ1) is 16.7. The fourth-order valence-electron chi connectivity index (χ4n) is 1.28. The first-order valence-electron chi connectivity index (χ1n) is 5.73. The van der Waals surface area contributed by atoms with Crippen LogP contribution in [0.4, 0.5) is 0 Å². The number of hydrogen-bond acceptors (Lipinski definition) is 3. The molecule has 5 nitrogen and oxygen atoms in total. The SMILES string of the molecule is CN(C(C)(C)C(=O)O)S(=O)(=O)C=Cc1ccc(Cl)cc1. The molecule has 0 amide bonds. The summed E-state index contributed by atoms with van der Waals surface area (Å²) in [4.78, 5) is 11.1. The highest BCUT2D eigenvalue weighted by Gasteiger charge is 2.38. The second-order valence-electron chi connectivity index (χ2n) is 4.73. The zero-order chi connectivity index (χ0) is 15.6. The summed E-state index contributed by atoms with van der Waals surface area (Å²) >= 11 is 5.73. The standard InChI is InChI=1S/C13H16ClNO4S/c1-13(2,12(16)17)15(3)20(18,19)9-8-10-4-6-11(14)7-5-10/h4-9H,1-3H3,(H,16,17). The van der Waals surface area contributed by atoms with Crippen molar-refractivity contribution in [1.29, 1.82) is 0 Å². The molecule has 0 heterocycles. The highest BCUT2D eigenvalue weighted by Crippen LogP contribution is 2.19. The number of nitrogens with zero attached hydrogens (tertiary/aromatic N) is 1. The quantitative estimate of drug-likeness (QED) is 0.905. The van der Waals surface area contributed by atoms with E-state index in [0.29, 0.717) is 10.6 Å². The van der Waals surface area contributed by atoms with Gasteiger partial charge >= 0.3 is 5.97 Å². The summed E-state index contributed by atoms with van der Waals surface area (Å²) in [6, 6.07) is 6.60. The van der Waals surface area contributed by atoms with Crippen molar-refractivity contribution in [2.45, 2.75) is 19.4 Å². The molecular formula is C13H16ClNO4S. The van der Waals surface area contributed by atoms with Crippen molar-refractivity contribution in [2.24, 2.45) is 0 Å². The van der Waals surface area contributed by atoms with E-state index in [-0.39, 0.29) is 0 Å². The smallest absolute Gasteiger partial charge is 0.324 e. The Morgan fingerprint density at radius 1 is 1.30 bits per heavy atom. The van der Waals surface area contributed by atoms with Crippen molar-refractivity contribution < 1.29 is 18.3 Å². The van der Waals surface area contributed by atoms with Gasteiger partial charge in [-0.2, -0.15) is 4.31 Å². The minimum absolute atomic E-state index is 0.550. The zero-order valence-corrected chi connectivity index (χ0v) is 12.9. The molecule has 0 unspecified atom stereocenters. The van der Waals surface area contributed by atoms with Crippen molar-refractivity contribution in [3.8, 4) is 0 Å². The minimum atomic E-state index is -3.83. The maximum Gasteiger partial charge on any atom is 0.324 e. The molecule has 1 aromatic rings. The Labute approximate surface area is 123 Å². The van der Waals surface area contributed by atoms with E-state index >= 15 is 0 Å². The van der Waals surface area contributed by atoms with Gasteiger partial charge in [0.25, 0.3) is 0 Å². The van der Waals surface area contributed by atoms with Crippen LogP contribution in [0.25, 0.3) is 6.08 Å². The summed E-state index contributed by atoms with van der Waals surface area (Å²) in [6.07, 6.45) is 1.39. The molecule has 1 rings (SSSR count). The van der Waals surface area contributed by atoms with Crippen molar-refractivity contribution in [2.75, 3.05) is 7.05 Å². The van der Waals surface area contributed by atoms with Crippen LogP contribution in [0.5, 0.6) is 0 Å². The normalized spacial score (nSPS) is 13.1. The van der Waals surface area contributed by atoms with Crippen LogP contribution in [-0.4, -0.2) is 36.4 Å². The van der Waals surface area contributed by atoms with Gasteiger partial charge in [-0.1, -0.05) is 23.7 Å². The predicted octanol–water partition coefficient (Wildman–Crippen LogP) is 2.44. The maximum atomic E-state index is 12.1. The molecule has 0 saturated heterocycles. The summed E-state index contributed by atoms with van der Waals surface area (Å²) < 4.78 is 25.0. The number of benzene rings is 1. The molecule has 0 aromatic heterocycles. The van der Waals surface area contributed by atoms with E-state index in [0.717, 1.165) is 9.71 Å². The summed E-state index contributed by atoms with van der Waals surface area (Å²) in [5, 5.41) is 10.6. The van der Waals surface area contributed by atoms with Gasteiger partial charge in [0.2, 0.25) is 10.0 Å². The van der Waals surface area contributed by atoms with Crippen molar-refractivity contribution in [1.82, 2.24) is 4.31 Å². The van der Waals surface area contributed by atoms with E-state index in [1.807, 2.05) is 0 Å². The molecule has 0 saturated carbocycles. The van der Waals surface area contributed by atoms with Crippen LogP contribution in [0.3, 0.4) is 0 Å². The average Bonchev–Trinajstić information content (AvgIpc) is 2.37. The largest absolute Gasteiger partial charge is 0.480 e. The molecular weight excluding hydrogens is 302 g/mol. The molecule has 0 spiro atoms. The molecule has 0 aliphatic rings. The third kappa shape index (κ3) is 3.82. The van der Waals surface area contributed by atoms with Crippen LogP contribution in [-0.2, 0) is 14.8 Å². The minimum Gasteiger partial charge on any atom is -0.480 e. The second kappa shape index (κ2) is 5.95. The fourth-order valence-corrected chi connectivity index (χ4v) is 2.63. The highest BCUT2D eigenvalue weighted by atomic mass is 35.5. The topological polar surface area (TPSA) is 74.7 Å². The van der Waals surface area contributed by atoms with Crippen LogP contribution in [0.2, 0.25) is 5.02 Å². The monoisotopic (exact) mass is 317 g/mol. The number of halogens is 1. The Morgan fingerprint density at radius 3 is 2.25 bits per heavy atom. The average molecular weight is 318 g/mol. The Balaban J connectivity index is 3.00. The third-order valence-corrected chi connectivity index (χ3v) is 4.95. The first-order chi connectivity index (χ1) is 9.07. The van der Waals surface area contributed by atoms with E-state index < -0.39 is 21.5 Å². The van der Waals surface area contributed by atoms with Crippen LogP contribution >= 0.6 is 11.6 Å². The van der Waals surface area contributed by atoms with E-state index in [1.165, 1.54) is 27.0 Å². The molecule has 20 heavy (non-hydrogen) atoms.